The van der Waals surface area contributed by atoms with Gasteiger partial charge in [-0.1, -0.05) is 6.07 Å². The Morgan fingerprint density at radius 1 is 0.822 bits per heavy atom. The molecular formula is C30H24F2N4O9. The molecule has 1 N–H and O–H groups in total. The first-order valence-corrected chi connectivity index (χ1v) is 13.3. The van der Waals surface area contributed by atoms with E-state index in [-0.39, 0.29) is 23.3 Å². The third-order valence-corrected chi connectivity index (χ3v) is 6.50. The second-order valence-corrected chi connectivity index (χ2v) is 9.57. The van der Waals surface area contributed by atoms with Gasteiger partial charge in [-0.05, 0) is 42.5 Å². The summed E-state index contributed by atoms with van der Waals surface area (Å²) >= 11 is 0. The van der Waals surface area contributed by atoms with Crippen molar-refractivity contribution < 1.29 is 52.0 Å². The number of ether oxygens (including phenoxy) is 5. The number of aliphatic hydroxyl groups is 1. The van der Waals surface area contributed by atoms with Crippen molar-refractivity contribution in [3.63, 3.8) is 0 Å². The fourth-order valence-corrected chi connectivity index (χ4v) is 4.34. The zero-order valence-corrected chi connectivity index (χ0v) is 23.2. The molecule has 0 spiro atoms. The van der Waals surface area contributed by atoms with Crippen LogP contribution >= 0.6 is 0 Å². The highest BCUT2D eigenvalue weighted by Gasteiger charge is 2.59. The minimum absolute atomic E-state index is 0.00162. The maximum atomic E-state index is 14.1. The van der Waals surface area contributed by atoms with Gasteiger partial charge in [0.15, 0.2) is 12.2 Å². The first-order chi connectivity index (χ1) is 21.7. The van der Waals surface area contributed by atoms with Crippen LogP contribution in [-0.4, -0.2) is 80.3 Å². The molecule has 0 aromatic carbocycles. The monoisotopic (exact) mass is 622 g/mol. The lowest BCUT2D eigenvalue weighted by atomic mass is 10.0. The summed E-state index contributed by atoms with van der Waals surface area (Å²) in [5.74, 6) is -7.50. The van der Waals surface area contributed by atoms with Crippen molar-refractivity contribution in [1.29, 1.82) is 0 Å². The predicted octanol–water partition coefficient (Wildman–Crippen LogP) is 2.46. The van der Waals surface area contributed by atoms with Crippen LogP contribution in [0.1, 0.15) is 36.6 Å². The molecule has 0 radical (unpaired) electrons. The van der Waals surface area contributed by atoms with E-state index < -0.39 is 72.7 Å². The van der Waals surface area contributed by atoms with Crippen molar-refractivity contribution >= 4 is 17.9 Å². The van der Waals surface area contributed by atoms with Gasteiger partial charge in [-0.2, -0.15) is 8.78 Å². The maximum Gasteiger partial charge on any atom is 0.342 e. The van der Waals surface area contributed by atoms with Crippen molar-refractivity contribution in [2.75, 3.05) is 13.2 Å². The van der Waals surface area contributed by atoms with Crippen LogP contribution in [-0.2, 0) is 30.3 Å². The van der Waals surface area contributed by atoms with E-state index in [4.69, 9.17) is 23.7 Å². The minimum Gasteiger partial charge on any atom is -0.459 e. The van der Waals surface area contributed by atoms with Crippen LogP contribution in [0.5, 0.6) is 0 Å². The van der Waals surface area contributed by atoms with Crippen LogP contribution in [0.2, 0.25) is 0 Å². The van der Waals surface area contributed by atoms with Gasteiger partial charge in [0.1, 0.15) is 24.9 Å². The Labute approximate surface area is 253 Å². The van der Waals surface area contributed by atoms with Crippen molar-refractivity contribution in [3.05, 3.63) is 120 Å². The molecule has 4 aromatic heterocycles. The molecule has 1 fully saturated rings. The number of hydrogen-bond donors (Lipinski definition) is 1. The highest BCUT2D eigenvalue weighted by Crippen LogP contribution is 2.36. The minimum atomic E-state index is -2.53. The maximum absolute atomic E-state index is 14.1. The molecule has 0 saturated carbocycles. The van der Waals surface area contributed by atoms with Gasteiger partial charge in [-0.3, -0.25) is 9.97 Å². The van der Waals surface area contributed by atoms with E-state index in [0.717, 1.165) is 12.3 Å². The van der Waals surface area contributed by atoms with E-state index in [9.17, 15) is 28.3 Å². The molecule has 4 unspecified atom stereocenters. The van der Waals surface area contributed by atoms with Crippen LogP contribution in [0.4, 0.5) is 8.78 Å². The zero-order chi connectivity index (χ0) is 31.8. The van der Waals surface area contributed by atoms with Crippen LogP contribution in [0, 0.1) is 11.9 Å². The fourth-order valence-electron chi connectivity index (χ4n) is 4.34. The summed E-state index contributed by atoms with van der Waals surface area (Å²) < 4.78 is 56.0. The van der Waals surface area contributed by atoms with E-state index in [1.54, 1.807) is 0 Å². The second-order valence-electron chi connectivity index (χ2n) is 9.57. The fraction of sp³-hybridized carbons (Fsp3) is 0.233. The lowest BCUT2D eigenvalue weighted by Gasteiger charge is -2.29. The van der Waals surface area contributed by atoms with E-state index in [1.807, 2.05) is 0 Å². The molecule has 1 saturated heterocycles. The SMILES string of the molecule is O=C(OC1C(COC(=O)c2cccnc2F)OC(O)(COCc2cccnc2F)C1OC(=O)c1cccnc1)c1cccnc1. The molecule has 0 amide bonds. The molecule has 0 aliphatic carbocycles. The van der Waals surface area contributed by atoms with Crippen molar-refractivity contribution in [3.8, 4) is 0 Å². The Morgan fingerprint density at radius 2 is 1.44 bits per heavy atom. The number of pyridine rings is 4. The average molecular weight is 623 g/mol. The Balaban J connectivity index is 1.43. The van der Waals surface area contributed by atoms with E-state index in [1.165, 1.54) is 73.4 Å². The van der Waals surface area contributed by atoms with Gasteiger partial charge < -0.3 is 28.8 Å². The lowest BCUT2D eigenvalue weighted by molar-refractivity contribution is -0.256. The number of halogens is 2. The van der Waals surface area contributed by atoms with E-state index in [0.29, 0.717) is 0 Å². The van der Waals surface area contributed by atoms with Crippen LogP contribution in [0.25, 0.3) is 0 Å². The lowest BCUT2D eigenvalue weighted by Crippen LogP contribution is -2.50. The number of rotatable bonds is 11. The van der Waals surface area contributed by atoms with Crippen LogP contribution in [0.3, 0.4) is 0 Å². The molecule has 232 valence electrons. The number of nitrogens with zero attached hydrogens (tertiary/aromatic N) is 4. The molecule has 4 atom stereocenters. The van der Waals surface area contributed by atoms with Crippen LogP contribution in [0.15, 0.2) is 85.7 Å². The molecule has 1 aliphatic heterocycles. The van der Waals surface area contributed by atoms with E-state index in [2.05, 4.69) is 19.9 Å². The summed E-state index contributed by atoms with van der Waals surface area (Å²) in [6.45, 7) is -1.83. The van der Waals surface area contributed by atoms with Crippen molar-refractivity contribution in [2.24, 2.45) is 0 Å². The summed E-state index contributed by atoms with van der Waals surface area (Å²) in [6.07, 6.45) is 2.76. The molecule has 1 aliphatic rings. The molecule has 5 heterocycles. The van der Waals surface area contributed by atoms with Crippen molar-refractivity contribution in [1.82, 2.24) is 19.9 Å². The highest BCUT2D eigenvalue weighted by molar-refractivity contribution is 5.90. The zero-order valence-electron chi connectivity index (χ0n) is 23.2. The van der Waals surface area contributed by atoms with Gasteiger partial charge in [0, 0.05) is 42.7 Å². The number of carbonyl (C=O) groups excluding carboxylic acids is 3. The molecule has 0 bridgehead atoms. The van der Waals surface area contributed by atoms with Crippen LogP contribution < -0.4 is 0 Å². The van der Waals surface area contributed by atoms with Gasteiger partial charge >= 0.3 is 17.9 Å². The first-order valence-electron chi connectivity index (χ1n) is 13.3. The predicted molar refractivity (Wildman–Crippen MR) is 145 cm³/mol. The molecule has 4 aromatic rings. The second kappa shape index (κ2) is 14.0. The van der Waals surface area contributed by atoms with Gasteiger partial charge in [-0.15, -0.1) is 0 Å². The Bertz CT molecular complexity index is 1650. The standard InChI is InChI=1S/C30H24F2N4O9/c31-25-20(7-3-11-35-25)15-41-17-30(40)24(44-28(38)19-6-2-10-34-14-19)23(43-27(37)18-5-1-9-33-13-18)22(45-30)16-42-29(39)21-8-4-12-36-26(21)32/h1-14,22-24,40H,15-17H2. The van der Waals surface area contributed by atoms with Gasteiger partial charge in [0.2, 0.25) is 17.7 Å². The molecular weight excluding hydrogens is 598 g/mol. The van der Waals surface area contributed by atoms with Gasteiger partial charge in [0.25, 0.3) is 0 Å². The first kappa shape index (κ1) is 31.2. The van der Waals surface area contributed by atoms with E-state index >= 15 is 0 Å². The Morgan fingerprint density at radius 3 is 2.07 bits per heavy atom. The summed E-state index contributed by atoms with van der Waals surface area (Å²) in [6, 6.07) is 11.1. The molecule has 15 heteroatoms. The smallest absolute Gasteiger partial charge is 0.342 e. The molecule has 5 rings (SSSR count). The third-order valence-electron chi connectivity index (χ3n) is 6.50. The molecule has 13 nitrogen and oxygen atoms in total. The Kier molecular flexibility index (Phi) is 9.72. The number of esters is 3. The summed E-state index contributed by atoms with van der Waals surface area (Å²) in [7, 11) is 0. The summed E-state index contributed by atoms with van der Waals surface area (Å²) in [5.41, 5.74) is -0.457. The van der Waals surface area contributed by atoms with Crippen molar-refractivity contribution in [2.45, 2.75) is 30.7 Å². The topological polar surface area (TPSA) is 169 Å². The number of carbonyl (C=O) groups is 3. The quantitative estimate of drug-likeness (QED) is 0.147. The third kappa shape index (κ3) is 7.46. The normalized spacial score (nSPS) is 20.7. The number of hydrogen-bond acceptors (Lipinski definition) is 13. The highest BCUT2D eigenvalue weighted by atomic mass is 19.1. The number of aromatic nitrogens is 4. The van der Waals surface area contributed by atoms with Gasteiger partial charge in [0.05, 0.1) is 17.7 Å². The Hall–Kier alpha value is -5.25. The summed E-state index contributed by atoms with van der Waals surface area (Å²) in [5, 5.41) is 11.7. The average Bonchev–Trinajstić information content (AvgIpc) is 3.31. The van der Waals surface area contributed by atoms with Gasteiger partial charge in [-0.25, -0.2) is 24.4 Å². The largest absolute Gasteiger partial charge is 0.459 e. The summed E-state index contributed by atoms with van der Waals surface area (Å²) in [4.78, 5) is 53.5. The molecule has 45 heavy (non-hydrogen) atoms.